The molecule has 12 heteroatoms. The lowest BCUT2D eigenvalue weighted by molar-refractivity contribution is -0.182. The van der Waals surface area contributed by atoms with Gasteiger partial charge in [0.1, 0.15) is 25.3 Å². The summed E-state index contributed by atoms with van der Waals surface area (Å²) in [4.78, 5) is 29.6. The first-order valence-electron chi connectivity index (χ1n) is 16.2. The van der Waals surface area contributed by atoms with Gasteiger partial charge in [0.15, 0.2) is 23.0 Å². The maximum absolute atomic E-state index is 13.2. The summed E-state index contributed by atoms with van der Waals surface area (Å²) in [5.41, 5.74) is 5.41. The van der Waals surface area contributed by atoms with Crippen LogP contribution in [0.1, 0.15) is 63.5 Å². The topological polar surface area (TPSA) is 127 Å². The molecule has 2 unspecified atom stereocenters. The molecule has 7 rings (SSSR count). The zero-order valence-corrected chi connectivity index (χ0v) is 28.0. The van der Waals surface area contributed by atoms with Gasteiger partial charge in [0.2, 0.25) is 6.79 Å². The number of carbonyl (C=O) groups is 2. The fraction of sp³-hybridized carbons (Fsp3) is 0.405. The number of ether oxygens (including phenoxy) is 5. The predicted octanol–water partition coefficient (Wildman–Crippen LogP) is 4.60. The van der Waals surface area contributed by atoms with E-state index in [0.717, 1.165) is 11.1 Å². The van der Waals surface area contributed by atoms with Crippen LogP contribution in [0.15, 0.2) is 36.4 Å². The number of rotatable bonds is 7. The summed E-state index contributed by atoms with van der Waals surface area (Å²) in [5.74, 6) is 0.468. The first-order chi connectivity index (χ1) is 23.5. The van der Waals surface area contributed by atoms with Gasteiger partial charge in [-0.3, -0.25) is 14.6 Å². The Balaban J connectivity index is 1.35. The molecule has 1 fully saturated rings. The largest absolute Gasteiger partial charge is 0.504 e. The van der Waals surface area contributed by atoms with Crippen LogP contribution in [0.4, 0.5) is 4.39 Å². The maximum atomic E-state index is 13.2. The van der Waals surface area contributed by atoms with E-state index in [1.807, 2.05) is 24.9 Å². The second-order valence-corrected chi connectivity index (χ2v) is 13.0. The lowest BCUT2D eigenvalue weighted by atomic mass is 9.73. The van der Waals surface area contributed by atoms with E-state index in [1.54, 1.807) is 37.3 Å². The van der Waals surface area contributed by atoms with Gasteiger partial charge >= 0.3 is 11.9 Å². The minimum absolute atomic E-state index is 0.0435. The monoisotopic (exact) mass is 674 g/mol. The highest BCUT2D eigenvalue weighted by molar-refractivity contribution is 5.87. The molecule has 0 spiro atoms. The van der Waals surface area contributed by atoms with Crippen molar-refractivity contribution in [2.24, 2.45) is 0 Å². The zero-order valence-electron chi connectivity index (χ0n) is 28.0. The molecule has 11 nitrogen and oxygen atoms in total. The molecule has 2 N–H and O–H groups in total. The van der Waals surface area contributed by atoms with Crippen molar-refractivity contribution < 1.29 is 47.9 Å². The quantitative estimate of drug-likeness (QED) is 0.208. The summed E-state index contributed by atoms with van der Waals surface area (Å²) < 4.78 is 42.4. The highest BCUT2D eigenvalue weighted by Gasteiger charge is 2.56. The van der Waals surface area contributed by atoms with Gasteiger partial charge in [0.25, 0.3) is 0 Å². The number of esters is 2. The number of aromatic hydroxyl groups is 1. The molecule has 4 aliphatic rings. The first-order valence-corrected chi connectivity index (χ1v) is 16.2. The average molecular weight is 675 g/mol. The molecule has 2 bridgehead atoms. The SMILES string of the molecule is COc1c(C)cc2c(c1O)C1C3Cc4c(OC(C)=O)c(C)c5c(c4[C@H](COC(=O)/C=C/c4cccc(CF)c4)N3[C@@H](O)[C@H](C2)N1C)OCO5. The molecule has 0 amide bonds. The molecule has 0 saturated carbocycles. The number of nitrogens with zero attached hydrogens (tertiary/aromatic N) is 2. The number of likely N-dealkylation sites (N-methyl/N-ethyl adjacent to an activating group) is 1. The summed E-state index contributed by atoms with van der Waals surface area (Å²) in [5, 5.41) is 23.8. The third kappa shape index (κ3) is 5.38. The summed E-state index contributed by atoms with van der Waals surface area (Å²) in [6.07, 6.45) is 2.57. The predicted molar refractivity (Wildman–Crippen MR) is 175 cm³/mol. The van der Waals surface area contributed by atoms with Gasteiger partial charge in [-0.15, -0.1) is 0 Å². The van der Waals surface area contributed by atoms with Crippen molar-refractivity contribution in [1.82, 2.24) is 9.80 Å². The number of aryl methyl sites for hydroxylation is 1. The van der Waals surface area contributed by atoms with Crippen LogP contribution in [0.25, 0.3) is 6.08 Å². The molecule has 0 aliphatic carbocycles. The first kappa shape index (κ1) is 32.9. The van der Waals surface area contributed by atoms with Crippen molar-refractivity contribution in [3.63, 3.8) is 0 Å². The Kier molecular flexibility index (Phi) is 8.50. The molecule has 3 aromatic carbocycles. The van der Waals surface area contributed by atoms with Gasteiger partial charge in [-0.05, 0) is 68.1 Å². The molecule has 4 heterocycles. The highest BCUT2D eigenvalue weighted by atomic mass is 19.1. The molecular weight excluding hydrogens is 635 g/mol. The lowest BCUT2D eigenvalue weighted by Gasteiger charge is -2.60. The van der Waals surface area contributed by atoms with Gasteiger partial charge in [0, 0.05) is 41.3 Å². The van der Waals surface area contributed by atoms with Crippen LogP contribution >= 0.6 is 0 Å². The third-order valence-electron chi connectivity index (χ3n) is 10.2. The van der Waals surface area contributed by atoms with Gasteiger partial charge in [-0.25, -0.2) is 9.18 Å². The second-order valence-electron chi connectivity index (χ2n) is 13.0. The van der Waals surface area contributed by atoms with Gasteiger partial charge in [-0.1, -0.05) is 24.3 Å². The molecule has 4 aliphatic heterocycles. The number of piperazine rings is 1. The summed E-state index contributed by atoms with van der Waals surface area (Å²) in [6, 6.07) is 6.76. The normalized spacial score (nSPS) is 23.9. The molecule has 0 radical (unpaired) electrons. The third-order valence-corrected chi connectivity index (χ3v) is 10.2. The van der Waals surface area contributed by atoms with Crippen LogP contribution in [0.5, 0.6) is 28.7 Å². The van der Waals surface area contributed by atoms with Crippen molar-refractivity contribution in [2.45, 2.75) is 70.7 Å². The van der Waals surface area contributed by atoms with Gasteiger partial charge < -0.3 is 33.9 Å². The number of phenolic OH excluding ortho intramolecular Hbond substituents is 1. The molecule has 5 atom stereocenters. The Bertz CT molecular complexity index is 1880. The van der Waals surface area contributed by atoms with Crippen molar-refractivity contribution in [1.29, 1.82) is 0 Å². The Hall–Kier alpha value is -4.65. The van der Waals surface area contributed by atoms with E-state index in [9.17, 15) is 24.2 Å². The fourth-order valence-corrected chi connectivity index (χ4v) is 8.24. The van der Waals surface area contributed by atoms with Crippen molar-refractivity contribution in [3.05, 3.63) is 80.9 Å². The number of carbonyl (C=O) groups excluding carboxylic acids is 2. The maximum Gasteiger partial charge on any atom is 0.330 e. The number of hydrogen-bond acceptors (Lipinski definition) is 11. The van der Waals surface area contributed by atoms with Crippen molar-refractivity contribution in [2.75, 3.05) is 27.6 Å². The molecule has 0 aromatic heterocycles. The fourth-order valence-electron chi connectivity index (χ4n) is 8.24. The molecule has 49 heavy (non-hydrogen) atoms. The lowest BCUT2D eigenvalue weighted by Crippen LogP contribution is -2.68. The molecule has 258 valence electrons. The van der Waals surface area contributed by atoms with E-state index in [1.165, 1.54) is 20.1 Å². The minimum atomic E-state index is -1.02. The van der Waals surface area contributed by atoms with Crippen molar-refractivity contribution in [3.8, 4) is 28.7 Å². The van der Waals surface area contributed by atoms with E-state index < -0.39 is 43.0 Å². The Labute approximate surface area is 283 Å². The number of alkyl halides is 1. The molecule has 1 saturated heterocycles. The number of methoxy groups -OCH3 is 1. The Morgan fingerprint density at radius 2 is 1.86 bits per heavy atom. The summed E-state index contributed by atoms with van der Waals surface area (Å²) >= 11 is 0. The minimum Gasteiger partial charge on any atom is -0.504 e. The summed E-state index contributed by atoms with van der Waals surface area (Å²) in [7, 11) is 3.45. The van der Waals surface area contributed by atoms with Gasteiger partial charge in [-0.2, -0.15) is 0 Å². The van der Waals surface area contributed by atoms with Gasteiger partial charge in [0.05, 0.1) is 25.2 Å². The van der Waals surface area contributed by atoms with Crippen LogP contribution in [0.2, 0.25) is 0 Å². The van der Waals surface area contributed by atoms with E-state index in [-0.39, 0.29) is 25.2 Å². The number of hydrogen-bond donors (Lipinski definition) is 2. The second kappa shape index (κ2) is 12.7. The molecular formula is C37H39FN2O9. The average Bonchev–Trinajstić information content (AvgIpc) is 3.57. The Morgan fingerprint density at radius 1 is 1.08 bits per heavy atom. The van der Waals surface area contributed by atoms with E-state index in [4.69, 9.17) is 23.7 Å². The zero-order chi connectivity index (χ0) is 34.7. The number of aliphatic hydroxyl groups is 1. The number of phenols is 1. The van der Waals surface area contributed by atoms with Crippen molar-refractivity contribution >= 4 is 18.0 Å². The van der Waals surface area contributed by atoms with E-state index in [0.29, 0.717) is 69.2 Å². The summed E-state index contributed by atoms with van der Waals surface area (Å²) in [6.45, 7) is 4.13. The smallest absolute Gasteiger partial charge is 0.330 e. The van der Waals surface area contributed by atoms with E-state index >= 15 is 0 Å². The van der Waals surface area contributed by atoms with Crippen LogP contribution in [0, 0.1) is 13.8 Å². The Morgan fingerprint density at radius 3 is 2.59 bits per heavy atom. The van der Waals surface area contributed by atoms with Crippen LogP contribution < -0.4 is 18.9 Å². The van der Waals surface area contributed by atoms with Crippen LogP contribution in [-0.2, 0) is 33.8 Å². The number of benzene rings is 3. The number of halogens is 1. The van der Waals surface area contributed by atoms with Crippen LogP contribution in [0.3, 0.4) is 0 Å². The van der Waals surface area contributed by atoms with Crippen LogP contribution in [-0.4, -0.2) is 77.8 Å². The molecule has 3 aromatic rings. The number of fused-ring (bicyclic) bond motifs is 9. The standard InChI is InChI=1S/C37H39FN2O9/c1-18-11-23-13-26-37(44)40-25(31(39(26)4)29(23)32(43)33(18)45-5)14-24-30(36-35(47-17-48-36)19(2)34(24)49-20(3)41)27(40)16-46-28(42)10-9-21-7-6-8-22(12-21)15-38/h6-12,25-27,31,37,43-44H,13-17H2,1-5H3/b10-9+/t25?,26-,27-,31?,37-/m0/s1. The highest BCUT2D eigenvalue weighted by Crippen LogP contribution is 2.58. The number of aliphatic hydroxyl groups excluding tert-OH is 1. The van der Waals surface area contributed by atoms with E-state index in [2.05, 4.69) is 4.90 Å².